The van der Waals surface area contributed by atoms with Crippen LogP contribution < -0.4 is 5.32 Å². The van der Waals surface area contributed by atoms with Gasteiger partial charge in [0.1, 0.15) is 17.6 Å². The first kappa shape index (κ1) is 17.7. The van der Waals surface area contributed by atoms with E-state index >= 15 is 0 Å². The van der Waals surface area contributed by atoms with Crippen LogP contribution in [0.1, 0.15) is 40.8 Å². The second kappa shape index (κ2) is 7.20. The van der Waals surface area contributed by atoms with Gasteiger partial charge in [-0.3, -0.25) is 9.59 Å². The smallest absolute Gasteiger partial charge is 0.275 e. The van der Waals surface area contributed by atoms with Gasteiger partial charge >= 0.3 is 0 Å². The lowest BCUT2D eigenvalue weighted by atomic mass is 10.0. The van der Waals surface area contributed by atoms with E-state index in [1.807, 2.05) is 70.1 Å². The summed E-state index contributed by atoms with van der Waals surface area (Å²) in [7, 11) is 0. The molecule has 1 atom stereocenters. The molecule has 0 saturated heterocycles. The fourth-order valence-corrected chi connectivity index (χ4v) is 3.90. The van der Waals surface area contributed by atoms with Crippen LogP contribution in [0, 0.1) is 5.92 Å². The van der Waals surface area contributed by atoms with E-state index in [0.29, 0.717) is 18.8 Å². The third kappa shape index (κ3) is 3.42. The number of imidazole rings is 1. The minimum Gasteiger partial charge on any atom is -0.330 e. The summed E-state index contributed by atoms with van der Waals surface area (Å²) in [5.41, 5.74) is 2.11. The van der Waals surface area contributed by atoms with E-state index < -0.39 is 0 Å². The van der Waals surface area contributed by atoms with Crippen molar-refractivity contribution >= 4 is 17.5 Å². The van der Waals surface area contributed by atoms with Gasteiger partial charge in [-0.2, -0.15) is 0 Å². The molecule has 3 aromatic rings. The first-order chi connectivity index (χ1) is 14.2. The summed E-state index contributed by atoms with van der Waals surface area (Å²) in [5.74, 6) is 0.839. The van der Waals surface area contributed by atoms with Crippen LogP contribution in [0.5, 0.6) is 0 Å². The minimum absolute atomic E-state index is 0.142. The molecule has 2 aliphatic rings. The third-order valence-electron chi connectivity index (χ3n) is 5.53. The molecule has 1 aliphatic carbocycles. The highest BCUT2D eigenvalue weighted by molar-refractivity contribution is 6.02. The number of nitrogens with zero attached hydrogens (tertiary/aromatic N) is 3. The van der Waals surface area contributed by atoms with Crippen molar-refractivity contribution in [2.45, 2.75) is 25.4 Å². The maximum Gasteiger partial charge on any atom is 0.275 e. The Kier molecular flexibility index (Phi) is 4.39. The van der Waals surface area contributed by atoms with Crippen molar-refractivity contribution in [1.82, 2.24) is 14.5 Å². The molecular weight excluding hydrogens is 364 g/mol. The van der Waals surface area contributed by atoms with E-state index in [1.54, 1.807) is 6.20 Å². The molecule has 6 heteroatoms. The monoisotopic (exact) mass is 386 g/mol. The topological polar surface area (TPSA) is 67.2 Å². The van der Waals surface area contributed by atoms with Crippen LogP contribution in [0.3, 0.4) is 0 Å². The molecule has 1 fully saturated rings. The largest absolute Gasteiger partial charge is 0.330 e. The second-order valence-electron chi connectivity index (χ2n) is 7.62. The summed E-state index contributed by atoms with van der Waals surface area (Å²) >= 11 is 0. The van der Waals surface area contributed by atoms with Crippen molar-refractivity contribution in [2.75, 3.05) is 11.9 Å². The molecule has 1 N–H and O–H groups in total. The highest BCUT2D eigenvalue weighted by Crippen LogP contribution is 2.38. The van der Waals surface area contributed by atoms with E-state index in [9.17, 15) is 9.59 Å². The fourth-order valence-electron chi connectivity index (χ4n) is 3.90. The first-order valence-electron chi connectivity index (χ1n) is 9.99. The Balaban J connectivity index is 1.49. The highest BCUT2D eigenvalue weighted by atomic mass is 16.2. The molecule has 2 heterocycles. The predicted molar refractivity (Wildman–Crippen MR) is 109 cm³/mol. The number of rotatable bonds is 4. The molecule has 1 aliphatic heterocycles. The zero-order valence-corrected chi connectivity index (χ0v) is 16.0. The third-order valence-corrected chi connectivity index (χ3v) is 5.53. The molecular formula is C23H22N4O2. The predicted octanol–water partition coefficient (Wildman–Crippen LogP) is 3.48. The maximum atomic E-state index is 12.9. The van der Waals surface area contributed by atoms with Gasteiger partial charge < -0.3 is 14.8 Å². The summed E-state index contributed by atoms with van der Waals surface area (Å²) < 4.78 is 2.01. The molecule has 6 nitrogen and oxygen atoms in total. The van der Waals surface area contributed by atoms with Crippen molar-refractivity contribution in [2.24, 2.45) is 5.92 Å². The van der Waals surface area contributed by atoms with Crippen molar-refractivity contribution in [3.05, 3.63) is 83.9 Å². The molecule has 1 aromatic heterocycles. The van der Waals surface area contributed by atoms with Gasteiger partial charge in [0.05, 0.1) is 0 Å². The molecule has 2 amide bonds. The van der Waals surface area contributed by atoms with Gasteiger partial charge in [0.2, 0.25) is 5.91 Å². The molecule has 0 spiro atoms. The summed E-state index contributed by atoms with van der Waals surface area (Å²) in [6.07, 6.45) is 3.73. The Hall–Kier alpha value is -3.41. The number of carbonyl (C=O) groups excluding carboxylic acids is 2. The molecule has 0 radical (unpaired) electrons. The van der Waals surface area contributed by atoms with Gasteiger partial charge in [-0.15, -0.1) is 0 Å². The van der Waals surface area contributed by atoms with E-state index in [-0.39, 0.29) is 23.8 Å². The molecule has 5 rings (SSSR count). The zero-order valence-electron chi connectivity index (χ0n) is 16.0. The standard InChI is InChI=1S/C23H22N4O2/c28-22(24-18-9-5-2-6-10-18)19-15-26-13-14-27(23(29)17-11-12-17)20(21(26)25-19)16-7-3-1-4-8-16/h1-10,15,17,20H,11-14H2,(H,24,28). The van der Waals surface area contributed by atoms with Crippen LogP contribution in [-0.2, 0) is 11.3 Å². The normalized spacial score (nSPS) is 18.2. The van der Waals surface area contributed by atoms with Crippen molar-refractivity contribution in [3.63, 3.8) is 0 Å². The van der Waals surface area contributed by atoms with Crippen LogP contribution in [-0.4, -0.2) is 32.8 Å². The maximum absolute atomic E-state index is 12.9. The number of anilines is 1. The first-order valence-corrected chi connectivity index (χ1v) is 9.99. The van der Waals surface area contributed by atoms with Crippen molar-refractivity contribution in [1.29, 1.82) is 0 Å². The average Bonchev–Trinajstić information content (AvgIpc) is 3.52. The number of hydrogen-bond donors (Lipinski definition) is 1. The number of benzene rings is 2. The average molecular weight is 386 g/mol. The van der Waals surface area contributed by atoms with Gasteiger partial charge in [-0.25, -0.2) is 4.98 Å². The number of amides is 2. The Morgan fingerprint density at radius 2 is 1.62 bits per heavy atom. The van der Waals surface area contributed by atoms with Crippen molar-refractivity contribution < 1.29 is 9.59 Å². The Labute approximate surface area is 169 Å². The lowest BCUT2D eigenvalue weighted by Gasteiger charge is -2.36. The van der Waals surface area contributed by atoms with Crippen LogP contribution in [0.15, 0.2) is 66.9 Å². The number of carbonyl (C=O) groups is 2. The second-order valence-corrected chi connectivity index (χ2v) is 7.62. The van der Waals surface area contributed by atoms with E-state index in [2.05, 4.69) is 10.3 Å². The molecule has 146 valence electrons. The minimum atomic E-state index is -0.267. The SMILES string of the molecule is O=C(Nc1ccccc1)c1cn2c(n1)C(c1ccccc1)N(C(=O)C1CC1)CC2. The summed E-state index contributed by atoms with van der Waals surface area (Å²) in [4.78, 5) is 32.3. The quantitative estimate of drug-likeness (QED) is 0.747. The number of aromatic nitrogens is 2. The Bertz CT molecular complexity index is 1040. The molecule has 1 unspecified atom stereocenters. The fraction of sp³-hybridized carbons (Fsp3) is 0.261. The van der Waals surface area contributed by atoms with E-state index in [0.717, 1.165) is 29.9 Å². The molecule has 29 heavy (non-hydrogen) atoms. The Morgan fingerprint density at radius 3 is 2.31 bits per heavy atom. The van der Waals surface area contributed by atoms with Gasteiger partial charge in [0.15, 0.2) is 0 Å². The highest BCUT2D eigenvalue weighted by Gasteiger charge is 2.40. The summed E-state index contributed by atoms with van der Waals surface area (Å²) in [6.45, 7) is 1.26. The van der Waals surface area contributed by atoms with Crippen molar-refractivity contribution in [3.8, 4) is 0 Å². The summed E-state index contributed by atoms with van der Waals surface area (Å²) in [6, 6.07) is 19.0. The lowest BCUT2D eigenvalue weighted by Crippen LogP contribution is -2.43. The van der Waals surface area contributed by atoms with Gasteiger partial charge in [-0.05, 0) is 30.5 Å². The number of nitrogens with one attached hydrogen (secondary N) is 1. The van der Waals surface area contributed by atoms with Crippen LogP contribution in [0.4, 0.5) is 5.69 Å². The van der Waals surface area contributed by atoms with Crippen LogP contribution in [0.2, 0.25) is 0 Å². The summed E-state index contributed by atoms with van der Waals surface area (Å²) in [5, 5.41) is 2.89. The zero-order chi connectivity index (χ0) is 19.8. The van der Waals surface area contributed by atoms with E-state index in [1.165, 1.54) is 0 Å². The van der Waals surface area contributed by atoms with Gasteiger partial charge in [-0.1, -0.05) is 48.5 Å². The molecule has 0 bridgehead atoms. The Morgan fingerprint density at radius 1 is 0.931 bits per heavy atom. The molecule has 2 aromatic carbocycles. The number of hydrogen-bond acceptors (Lipinski definition) is 3. The van der Waals surface area contributed by atoms with Crippen LogP contribution in [0.25, 0.3) is 0 Å². The number of para-hydroxylation sites is 1. The van der Waals surface area contributed by atoms with Gasteiger partial charge in [0, 0.05) is 30.9 Å². The molecule has 1 saturated carbocycles. The lowest BCUT2D eigenvalue weighted by molar-refractivity contribution is -0.135. The van der Waals surface area contributed by atoms with E-state index in [4.69, 9.17) is 0 Å². The van der Waals surface area contributed by atoms with Gasteiger partial charge in [0.25, 0.3) is 5.91 Å². The van der Waals surface area contributed by atoms with Crippen LogP contribution >= 0.6 is 0 Å². The number of fused-ring (bicyclic) bond motifs is 1.